The van der Waals surface area contributed by atoms with Gasteiger partial charge in [-0.05, 0) is 60.2 Å². The first kappa shape index (κ1) is 30.0. The first-order chi connectivity index (χ1) is 15.2. The Hall–Kier alpha value is 0. The smallest absolute Gasteiger partial charge is 0.0417 e. The minimum atomic E-state index is 1.00. The van der Waals surface area contributed by atoms with Gasteiger partial charge in [-0.1, -0.05) is 145 Å². The van der Waals surface area contributed by atoms with Gasteiger partial charge in [0.25, 0.3) is 0 Å². The van der Waals surface area contributed by atoms with Crippen LogP contribution in [0.3, 0.4) is 0 Å². The standard InChI is InChI=1S/4C8H16/c1-7-3-5-8(2)6-4-7;2*1-7-4-3-5-8(2)6-7;1-7-5-3-4-6-8(7)2/h4*7-8H,3-6H2,1-2H3/t;3*7-,8+. The fourth-order valence-corrected chi connectivity index (χ4v) is 6.40. The number of rotatable bonds is 0. The second-order valence-corrected chi connectivity index (χ2v) is 13.4. The molecular formula is C32H64. The van der Waals surface area contributed by atoms with Gasteiger partial charge in [0.15, 0.2) is 0 Å². The molecule has 0 spiro atoms. The zero-order valence-corrected chi connectivity index (χ0v) is 23.9. The van der Waals surface area contributed by atoms with Gasteiger partial charge in [0.05, 0.1) is 0 Å². The third-order valence-corrected chi connectivity index (χ3v) is 9.24. The fraction of sp³-hybridized carbons (Fsp3) is 1.00. The van der Waals surface area contributed by atoms with Crippen LogP contribution >= 0.6 is 0 Å². The van der Waals surface area contributed by atoms with Crippen LogP contribution in [-0.2, 0) is 0 Å². The Labute approximate surface area is 205 Å². The summed E-state index contributed by atoms with van der Waals surface area (Å²) in [6.07, 6.45) is 23.6. The SMILES string of the molecule is CC1CCC(C)CC1.C[C@@H]1CCCC[C@@H]1C.C[C@@H]1CCC[C@H](C)C1.C[C@@H]1CCC[C@H](C)C1. The van der Waals surface area contributed by atoms with Crippen LogP contribution in [0.1, 0.15) is 158 Å². The van der Waals surface area contributed by atoms with Crippen molar-refractivity contribution < 1.29 is 0 Å². The molecule has 4 rings (SSSR count). The lowest BCUT2D eigenvalue weighted by Gasteiger charge is -2.24. The van der Waals surface area contributed by atoms with Crippen LogP contribution in [0.4, 0.5) is 0 Å². The van der Waals surface area contributed by atoms with E-state index in [1.54, 1.807) is 0 Å². The zero-order valence-electron chi connectivity index (χ0n) is 23.9. The van der Waals surface area contributed by atoms with E-state index in [0.29, 0.717) is 0 Å². The van der Waals surface area contributed by atoms with E-state index in [2.05, 4.69) is 55.4 Å². The Morgan fingerprint density at radius 3 is 0.750 bits per heavy atom. The third kappa shape index (κ3) is 15.0. The summed E-state index contributed by atoms with van der Waals surface area (Å²) in [6.45, 7) is 19.0. The van der Waals surface area contributed by atoms with Crippen molar-refractivity contribution in [1.29, 1.82) is 0 Å². The summed E-state index contributed by atoms with van der Waals surface area (Å²) in [5.74, 6) is 8.10. The Morgan fingerprint density at radius 2 is 0.562 bits per heavy atom. The Morgan fingerprint density at radius 1 is 0.281 bits per heavy atom. The first-order valence-corrected chi connectivity index (χ1v) is 15.2. The highest BCUT2D eigenvalue weighted by Gasteiger charge is 2.16. The molecule has 0 unspecified atom stereocenters. The fourth-order valence-electron chi connectivity index (χ4n) is 6.40. The predicted octanol–water partition coefficient (Wildman–Crippen LogP) is 11.3. The maximum absolute atomic E-state index is 2.38. The van der Waals surface area contributed by atoms with E-state index in [-0.39, 0.29) is 0 Å². The topological polar surface area (TPSA) is 0 Å². The van der Waals surface area contributed by atoms with Crippen molar-refractivity contribution in [2.75, 3.05) is 0 Å². The summed E-state index contributed by atoms with van der Waals surface area (Å²) in [5.41, 5.74) is 0. The molecule has 0 amide bonds. The highest BCUT2D eigenvalue weighted by molar-refractivity contribution is 4.68. The second-order valence-electron chi connectivity index (χ2n) is 13.4. The lowest BCUT2D eigenvalue weighted by atomic mass is 9.82. The molecule has 0 aromatic carbocycles. The Bertz CT molecular complexity index is 362. The van der Waals surface area contributed by atoms with E-state index in [1.807, 2.05) is 0 Å². The second kappa shape index (κ2) is 17.4. The lowest BCUT2D eigenvalue weighted by Crippen LogP contribution is -2.12. The van der Waals surface area contributed by atoms with Gasteiger partial charge in [0.2, 0.25) is 0 Å². The summed E-state index contributed by atoms with van der Waals surface area (Å²) >= 11 is 0. The highest BCUT2D eigenvalue weighted by atomic mass is 14.2. The van der Waals surface area contributed by atoms with Gasteiger partial charge in [-0.3, -0.25) is 0 Å². The van der Waals surface area contributed by atoms with Crippen LogP contribution < -0.4 is 0 Å². The van der Waals surface area contributed by atoms with Crippen LogP contribution in [0.15, 0.2) is 0 Å². The van der Waals surface area contributed by atoms with Crippen LogP contribution in [0.5, 0.6) is 0 Å². The summed E-state index contributed by atoms with van der Waals surface area (Å²) in [5, 5.41) is 0. The normalized spacial score (nSPS) is 39.8. The molecule has 0 radical (unpaired) electrons. The van der Waals surface area contributed by atoms with Gasteiger partial charge in [-0.15, -0.1) is 0 Å². The number of hydrogen-bond acceptors (Lipinski definition) is 0. The maximum atomic E-state index is 2.38. The molecule has 32 heavy (non-hydrogen) atoms. The zero-order chi connectivity index (χ0) is 23.9. The molecule has 0 aromatic rings. The lowest BCUT2D eigenvalue weighted by molar-refractivity contribution is 0.277. The van der Waals surface area contributed by atoms with Crippen LogP contribution in [0.2, 0.25) is 0 Å². The average molecular weight is 449 g/mol. The third-order valence-electron chi connectivity index (χ3n) is 9.24. The molecule has 6 atom stereocenters. The van der Waals surface area contributed by atoms with Gasteiger partial charge in [-0.2, -0.15) is 0 Å². The van der Waals surface area contributed by atoms with E-state index in [4.69, 9.17) is 0 Å². The monoisotopic (exact) mass is 449 g/mol. The minimum Gasteiger partial charge on any atom is -0.0625 e. The molecule has 4 aliphatic rings. The summed E-state index contributed by atoms with van der Waals surface area (Å²) in [4.78, 5) is 0. The Kier molecular flexibility index (Phi) is 16.4. The van der Waals surface area contributed by atoms with Crippen molar-refractivity contribution in [3.8, 4) is 0 Å². The van der Waals surface area contributed by atoms with Crippen molar-refractivity contribution >= 4 is 0 Å². The maximum Gasteiger partial charge on any atom is -0.0417 e. The van der Waals surface area contributed by atoms with Gasteiger partial charge in [0, 0.05) is 0 Å². The number of hydrogen-bond donors (Lipinski definition) is 0. The quantitative estimate of drug-likeness (QED) is 0.345. The van der Waals surface area contributed by atoms with Gasteiger partial charge >= 0.3 is 0 Å². The average Bonchev–Trinajstić information content (AvgIpc) is 2.73. The predicted molar refractivity (Wildman–Crippen MR) is 147 cm³/mol. The minimum absolute atomic E-state index is 1.00. The van der Waals surface area contributed by atoms with Gasteiger partial charge < -0.3 is 0 Å². The van der Waals surface area contributed by atoms with E-state index < -0.39 is 0 Å². The molecule has 0 aromatic heterocycles. The van der Waals surface area contributed by atoms with E-state index in [1.165, 1.54) is 103 Å². The largest absolute Gasteiger partial charge is 0.0625 e. The molecule has 0 heteroatoms. The molecule has 4 saturated carbocycles. The summed E-state index contributed by atoms with van der Waals surface area (Å²) in [6, 6.07) is 0. The van der Waals surface area contributed by atoms with Crippen molar-refractivity contribution in [3.63, 3.8) is 0 Å². The van der Waals surface area contributed by atoms with E-state index in [9.17, 15) is 0 Å². The van der Waals surface area contributed by atoms with E-state index >= 15 is 0 Å². The molecular weight excluding hydrogens is 384 g/mol. The van der Waals surface area contributed by atoms with E-state index in [0.717, 1.165) is 47.3 Å². The molecule has 0 nitrogen and oxygen atoms in total. The summed E-state index contributed by atoms with van der Waals surface area (Å²) < 4.78 is 0. The van der Waals surface area contributed by atoms with Crippen LogP contribution in [0.25, 0.3) is 0 Å². The molecule has 0 heterocycles. The molecule has 0 saturated heterocycles. The van der Waals surface area contributed by atoms with Gasteiger partial charge in [-0.25, -0.2) is 0 Å². The van der Waals surface area contributed by atoms with Crippen LogP contribution in [-0.4, -0.2) is 0 Å². The molecule has 4 aliphatic carbocycles. The highest BCUT2D eigenvalue weighted by Crippen LogP contribution is 2.29. The van der Waals surface area contributed by atoms with Crippen LogP contribution in [0, 0.1) is 47.3 Å². The molecule has 0 bridgehead atoms. The molecule has 4 fully saturated rings. The van der Waals surface area contributed by atoms with Crippen molar-refractivity contribution in [2.45, 2.75) is 158 Å². The molecule has 192 valence electrons. The first-order valence-electron chi connectivity index (χ1n) is 15.2. The molecule has 0 N–H and O–H groups in total. The summed E-state index contributed by atoms with van der Waals surface area (Å²) in [7, 11) is 0. The Balaban J connectivity index is 0.000000213. The van der Waals surface area contributed by atoms with Crippen molar-refractivity contribution in [2.24, 2.45) is 47.3 Å². The van der Waals surface area contributed by atoms with Crippen molar-refractivity contribution in [3.05, 3.63) is 0 Å². The van der Waals surface area contributed by atoms with Crippen molar-refractivity contribution in [1.82, 2.24) is 0 Å². The van der Waals surface area contributed by atoms with Gasteiger partial charge in [0.1, 0.15) is 0 Å². The molecule has 0 aliphatic heterocycles.